The molecule has 4 aromatic rings. The van der Waals surface area contributed by atoms with Crippen LogP contribution in [0.3, 0.4) is 0 Å². The van der Waals surface area contributed by atoms with E-state index in [1.165, 1.54) is 25.1 Å². The van der Waals surface area contributed by atoms with Crippen molar-refractivity contribution in [1.29, 1.82) is 0 Å². The summed E-state index contributed by atoms with van der Waals surface area (Å²) in [4.78, 5) is 29.2. The molecule has 0 unspecified atom stereocenters. The van der Waals surface area contributed by atoms with Gasteiger partial charge >= 0.3 is 5.97 Å². The molecule has 0 aliphatic heterocycles. The largest absolute Gasteiger partial charge is 0.493 e. The van der Waals surface area contributed by atoms with Gasteiger partial charge in [0.15, 0.2) is 23.9 Å². The third kappa shape index (κ3) is 4.74. The van der Waals surface area contributed by atoms with Crippen LogP contribution < -0.4 is 15.0 Å². The number of benzene rings is 3. The van der Waals surface area contributed by atoms with Crippen molar-refractivity contribution in [2.45, 2.75) is 0 Å². The van der Waals surface area contributed by atoms with E-state index >= 15 is 0 Å². The van der Waals surface area contributed by atoms with Crippen LogP contribution >= 0.6 is 0 Å². The van der Waals surface area contributed by atoms with Gasteiger partial charge in [-0.15, -0.1) is 0 Å². The zero-order chi connectivity index (χ0) is 23.2. The highest BCUT2D eigenvalue weighted by molar-refractivity contribution is 5.83. The van der Waals surface area contributed by atoms with Gasteiger partial charge in [-0.05, 0) is 35.9 Å². The molecule has 8 nitrogen and oxygen atoms in total. The summed E-state index contributed by atoms with van der Waals surface area (Å²) in [5.74, 6) is 0.726. The Hall–Kier alpha value is -4.46. The summed E-state index contributed by atoms with van der Waals surface area (Å²) in [5, 5.41) is 4.91. The Labute approximate surface area is 189 Å². The van der Waals surface area contributed by atoms with Crippen LogP contribution in [0.2, 0.25) is 0 Å². The number of esters is 1. The predicted octanol–water partition coefficient (Wildman–Crippen LogP) is 3.51. The molecule has 0 radical (unpaired) electrons. The van der Waals surface area contributed by atoms with Gasteiger partial charge in [0.1, 0.15) is 0 Å². The smallest absolute Gasteiger partial charge is 0.343 e. The standard InChI is InChI=1S/C25H21N3O5/c1-31-22-14-17(12-13-21(22)33-16-23(29)32-2)15-26-28-24(18-8-4-3-5-9-18)27-20-11-7-6-10-19(20)25(28)30/h3-15H,16H2,1-2H3. The van der Waals surface area contributed by atoms with Crippen molar-refractivity contribution < 1.29 is 19.0 Å². The van der Waals surface area contributed by atoms with Crippen LogP contribution in [0.1, 0.15) is 5.56 Å². The monoisotopic (exact) mass is 443 g/mol. The van der Waals surface area contributed by atoms with Crippen molar-refractivity contribution in [2.24, 2.45) is 5.10 Å². The minimum absolute atomic E-state index is 0.237. The Balaban J connectivity index is 1.74. The first-order valence-corrected chi connectivity index (χ1v) is 10.1. The van der Waals surface area contributed by atoms with Gasteiger partial charge in [-0.2, -0.15) is 9.78 Å². The van der Waals surface area contributed by atoms with Crippen molar-refractivity contribution in [3.8, 4) is 22.9 Å². The molecular weight excluding hydrogens is 422 g/mol. The molecule has 3 aromatic carbocycles. The number of carbonyl (C=O) groups excluding carboxylic acids is 1. The summed E-state index contributed by atoms with van der Waals surface area (Å²) in [6.07, 6.45) is 1.54. The molecule has 4 rings (SSSR count). The Bertz CT molecular complexity index is 1380. The lowest BCUT2D eigenvalue weighted by Gasteiger charge is -2.11. The van der Waals surface area contributed by atoms with E-state index in [0.717, 1.165) is 5.56 Å². The maximum atomic E-state index is 13.2. The van der Waals surface area contributed by atoms with Crippen LogP contribution in [0.5, 0.6) is 11.5 Å². The van der Waals surface area contributed by atoms with Crippen molar-refractivity contribution in [3.05, 3.63) is 88.7 Å². The maximum absolute atomic E-state index is 13.2. The lowest BCUT2D eigenvalue weighted by atomic mass is 10.2. The molecule has 8 heteroatoms. The number of ether oxygens (including phenoxy) is 3. The fourth-order valence-corrected chi connectivity index (χ4v) is 3.21. The number of carbonyl (C=O) groups is 1. The highest BCUT2D eigenvalue weighted by atomic mass is 16.6. The van der Waals surface area contributed by atoms with E-state index in [2.05, 4.69) is 14.8 Å². The number of nitrogens with zero attached hydrogens (tertiary/aromatic N) is 3. The highest BCUT2D eigenvalue weighted by Gasteiger charge is 2.12. The van der Waals surface area contributed by atoms with E-state index in [4.69, 9.17) is 9.47 Å². The third-order valence-corrected chi connectivity index (χ3v) is 4.87. The van der Waals surface area contributed by atoms with Crippen LogP contribution in [-0.4, -0.2) is 42.7 Å². The van der Waals surface area contributed by atoms with Gasteiger partial charge in [0, 0.05) is 5.56 Å². The fraction of sp³-hybridized carbons (Fsp3) is 0.120. The molecule has 0 atom stereocenters. The van der Waals surface area contributed by atoms with E-state index in [1.807, 2.05) is 36.4 Å². The normalized spacial score (nSPS) is 11.0. The minimum atomic E-state index is -0.501. The summed E-state index contributed by atoms with van der Waals surface area (Å²) in [6, 6.07) is 21.6. The van der Waals surface area contributed by atoms with Gasteiger partial charge in [-0.3, -0.25) is 4.79 Å². The summed E-state index contributed by atoms with van der Waals surface area (Å²) < 4.78 is 16.7. The molecule has 33 heavy (non-hydrogen) atoms. The van der Waals surface area contributed by atoms with Gasteiger partial charge in [-0.1, -0.05) is 42.5 Å². The SMILES string of the molecule is COC(=O)COc1ccc(C=Nn2c(-c3ccccc3)nc3ccccc3c2=O)cc1OC. The van der Waals surface area contributed by atoms with E-state index in [1.54, 1.807) is 36.4 Å². The van der Waals surface area contributed by atoms with Crippen LogP contribution in [0.15, 0.2) is 82.7 Å². The Kier molecular flexibility index (Phi) is 6.45. The van der Waals surface area contributed by atoms with Crippen molar-refractivity contribution in [1.82, 2.24) is 9.66 Å². The molecule has 0 spiro atoms. The molecule has 1 heterocycles. The highest BCUT2D eigenvalue weighted by Crippen LogP contribution is 2.27. The Morgan fingerprint density at radius 1 is 1.00 bits per heavy atom. The molecule has 1 aromatic heterocycles. The summed E-state index contributed by atoms with van der Waals surface area (Å²) in [7, 11) is 2.78. The van der Waals surface area contributed by atoms with E-state index in [9.17, 15) is 9.59 Å². The maximum Gasteiger partial charge on any atom is 0.343 e. The van der Waals surface area contributed by atoms with Gasteiger partial charge in [0.25, 0.3) is 5.56 Å². The number of aromatic nitrogens is 2. The van der Waals surface area contributed by atoms with E-state index in [-0.39, 0.29) is 12.2 Å². The second kappa shape index (κ2) is 9.78. The minimum Gasteiger partial charge on any atom is -0.493 e. The first-order chi connectivity index (χ1) is 16.1. The molecule has 0 aliphatic rings. The first-order valence-electron chi connectivity index (χ1n) is 10.1. The van der Waals surface area contributed by atoms with Gasteiger partial charge in [-0.25, -0.2) is 9.78 Å². The van der Waals surface area contributed by atoms with Crippen molar-refractivity contribution in [2.75, 3.05) is 20.8 Å². The number of fused-ring (bicyclic) bond motifs is 1. The number of hydrogen-bond acceptors (Lipinski definition) is 7. The number of hydrogen-bond donors (Lipinski definition) is 0. The molecule has 0 saturated heterocycles. The fourth-order valence-electron chi connectivity index (χ4n) is 3.21. The average molecular weight is 443 g/mol. The lowest BCUT2D eigenvalue weighted by molar-refractivity contribution is -0.142. The molecule has 0 amide bonds. The van der Waals surface area contributed by atoms with Crippen molar-refractivity contribution in [3.63, 3.8) is 0 Å². The van der Waals surface area contributed by atoms with Gasteiger partial charge in [0.2, 0.25) is 0 Å². The molecule has 0 aliphatic carbocycles. The molecule has 166 valence electrons. The average Bonchev–Trinajstić information content (AvgIpc) is 2.87. The molecule has 0 bridgehead atoms. The molecule has 0 N–H and O–H groups in total. The quantitative estimate of drug-likeness (QED) is 0.321. The van der Waals surface area contributed by atoms with Gasteiger partial charge in [0.05, 0.1) is 31.3 Å². The molecular formula is C25H21N3O5. The zero-order valence-corrected chi connectivity index (χ0v) is 18.1. The zero-order valence-electron chi connectivity index (χ0n) is 18.1. The number of para-hydroxylation sites is 1. The molecule has 0 fully saturated rings. The second-order valence-electron chi connectivity index (χ2n) is 6.96. The number of rotatable bonds is 7. The first kappa shape index (κ1) is 21.8. The summed E-state index contributed by atoms with van der Waals surface area (Å²) in [5.41, 5.74) is 1.75. The Morgan fingerprint density at radius 2 is 1.76 bits per heavy atom. The summed E-state index contributed by atoms with van der Waals surface area (Å²) >= 11 is 0. The third-order valence-electron chi connectivity index (χ3n) is 4.87. The summed E-state index contributed by atoms with van der Waals surface area (Å²) in [6.45, 7) is -0.237. The van der Waals surface area contributed by atoms with Crippen LogP contribution in [0.25, 0.3) is 22.3 Å². The molecule has 0 saturated carbocycles. The predicted molar refractivity (Wildman–Crippen MR) is 125 cm³/mol. The number of methoxy groups -OCH3 is 2. The second-order valence-corrected chi connectivity index (χ2v) is 6.96. The topological polar surface area (TPSA) is 92.0 Å². The van der Waals surface area contributed by atoms with Crippen molar-refractivity contribution >= 4 is 23.1 Å². The van der Waals surface area contributed by atoms with Crippen LogP contribution in [0, 0.1) is 0 Å². The van der Waals surface area contributed by atoms with E-state index in [0.29, 0.717) is 33.8 Å². The van der Waals surface area contributed by atoms with Crippen LogP contribution in [-0.2, 0) is 9.53 Å². The van der Waals surface area contributed by atoms with Crippen LogP contribution in [0.4, 0.5) is 0 Å². The van der Waals surface area contributed by atoms with Gasteiger partial charge < -0.3 is 14.2 Å². The van der Waals surface area contributed by atoms with E-state index < -0.39 is 5.97 Å². The Morgan fingerprint density at radius 3 is 2.52 bits per heavy atom. The lowest BCUT2D eigenvalue weighted by Crippen LogP contribution is -2.20.